The highest BCUT2D eigenvalue weighted by atomic mass is 127. The maximum absolute atomic E-state index is 2.50. The molecule has 0 nitrogen and oxygen atoms in total. The van der Waals surface area contributed by atoms with Gasteiger partial charge in [0.15, 0.2) is 0 Å². The van der Waals surface area contributed by atoms with E-state index in [1.54, 1.807) is 0 Å². The minimum atomic E-state index is 0.262. The maximum atomic E-state index is 2.50. The third-order valence-electron chi connectivity index (χ3n) is 3.63. The highest BCUT2D eigenvalue weighted by Gasteiger charge is 2.18. The molecule has 0 radical (unpaired) electrons. The minimum Gasteiger partial charge on any atom is -0.0750 e. The van der Waals surface area contributed by atoms with E-state index in [-0.39, 0.29) is 3.42 Å². The first-order valence-corrected chi connectivity index (χ1v) is 7.96. The highest BCUT2D eigenvalue weighted by Crippen LogP contribution is 2.33. The Morgan fingerprint density at radius 3 is 2.30 bits per heavy atom. The molecule has 0 fully saturated rings. The van der Waals surface area contributed by atoms with Crippen LogP contribution in [0.5, 0.6) is 0 Å². The Hall–Kier alpha value is -1.35. The molecule has 0 heterocycles. The quantitative estimate of drug-likeness (QED) is 0.456. The molecule has 1 heteroatoms. The van der Waals surface area contributed by atoms with Crippen LogP contribution in [0.3, 0.4) is 0 Å². The van der Waals surface area contributed by atoms with E-state index >= 15 is 0 Å². The molecule has 1 unspecified atom stereocenters. The maximum Gasteiger partial charge on any atom is 0.0410 e. The Kier molecular flexibility index (Phi) is 3.79. The van der Waals surface area contributed by atoms with E-state index in [2.05, 4.69) is 102 Å². The van der Waals surface area contributed by atoms with Crippen molar-refractivity contribution in [2.45, 2.75) is 16.8 Å². The predicted octanol–water partition coefficient (Wildman–Crippen LogP) is 5.89. The summed E-state index contributed by atoms with van der Waals surface area (Å²) in [5, 5.41) is 0. The fourth-order valence-corrected chi connectivity index (χ4v) is 2.83. The van der Waals surface area contributed by atoms with Gasteiger partial charge in [0.2, 0.25) is 0 Å². The summed E-state index contributed by atoms with van der Waals surface area (Å²) in [6.07, 6.45) is 7.99. The summed E-state index contributed by atoms with van der Waals surface area (Å²) in [6, 6.07) is 19.3. The summed E-state index contributed by atoms with van der Waals surface area (Å²) in [7, 11) is 0. The van der Waals surface area contributed by atoms with Crippen LogP contribution in [0, 0.1) is 0 Å². The Balaban J connectivity index is 1.94. The summed E-state index contributed by atoms with van der Waals surface area (Å²) in [4.78, 5) is 0. The van der Waals surface area contributed by atoms with E-state index in [4.69, 9.17) is 0 Å². The molecule has 0 bridgehead atoms. The van der Waals surface area contributed by atoms with Crippen LogP contribution in [0.15, 0.2) is 72.8 Å². The third-order valence-corrected chi connectivity index (χ3v) is 4.43. The Morgan fingerprint density at radius 1 is 0.900 bits per heavy atom. The van der Waals surface area contributed by atoms with E-state index in [0.717, 1.165) is 6.42 Å². The van der Waals surface area contributed by atoms with E-state index in [1.165, 1.54) is 22.3 Å². The van der Waals surface area contributed by atoms with Crippen LogP contribution in [-0.4, -0.2) is 3.42 Å². The van der Waals surface area contributed by atoms with Gasteiger partial charge in [-0.05, 0) is 41.7 Å². The normalized spacial score (nSPS) is 21.6. The molecule has 2 aromatic carbocycles. The van der Waals surface area contributed by atoms with Gasteiger partial charge < -0.3 is 0 Å². The van der Waals surface area contributed by atoms with Crippen molar-refractivity contribution in [1.29, 1.82) is 0 Å². The van der Waals surface area contributed by atoms with E-state index < -0.39 is 0 Å². The molecule has 2 aromatic rings. The molecule has 0 aromatic heterocycles. The molecule has 0 N–H and O–H groups in total. The van der Waals surface area contributed by atoms with Gasteiger partial charge in [-0.3, -0.25) is 0 Å². The van der Waals surface area contributed by atoms with Crippen LogP contribution >= 0.6 is 22.6 Å². The van der Waals surface area contributed by atoms with Crippen LogP contribution in [0.4, 0.5) is 0 Å². The Bertz CT molecular complexity index is 663. The Labute approximate surface area is 134 Å². The molecule has 1 aliphatic rings. The molecule has 20 heavy (non-hydrogen) atoms. The fraction of sp³-hybridized carbons (Fsp3) is 0.158. The molecule has 1 aliphatic carbocycles. The molecule has 0 saturated heterocycles. The lowest BCUT2D eigenvalue weighted by Gasteiger charge is -2.21. The topological polar surface area (TPSA) is 0 Å². The first kappa shape index (κ1) is 13.6. The van der Waals surface area contributed by atoms with Crippen molar-refractivity contribution in [1.82, 2.24) is 0 Å². The van der Waals surface area contributed by atoms with Crippen LogP contribution in [-0.2, 0) is 0 Å². The summed E-state index contributed by atoms with van der Waals surface area (Å²) in [6.45, 7) is 2.26. The zero-order valence-corrected chi connectivity index (χ0v) is 13.7. The largest absolute Gasteiger partial charge is 0.0750 e. The molecule has 0 aliphatic heterocycles. The number of benzene rings is 2. The fourth-order valence-electron chi connectivity index (χ4n) is 2.43. The van der Waals surface area contributed by atoms with Crippen molar-refractivity contribution in [2.75, 3.05) is 0 Å². The van der Waals surface area contributed by atoms with E-state index in [9.17, 15) is 0 Å². The second kappa shape index (κ2) is 5.57. The zero-order chi connectivity index (χ0) is 14.0. The molecule has 1 atom stereocenters. The zero-order valence-electron chi connectivity index (χ0n) is 11.5. The number of allylic oxidation sites excluding steroid dienone is 4. The van der Waals surface area contributed by atoms with Gasteiger partial charge in [0.05, 0.1) is 0 Å². The first-order chi connectivity index (χ1) is 9.64. The summed E-state index contributed by atoms with van der Waals surface area (Å²) in [5.74, 6) is 0. The average molecular weight is 372 g/mol. The van der Waals surface area contributed by atoms with Crippen LogP contribution in [0.25, 0.3) is 16.7 Å². The van der Waals surface area contributed by atoms with Gasteiger partial charge >= 0.3 is 0 Å². The molecule has 0 amide bonds. The molecule has 0 spiro atoms. The molecule has 0 saturated carbocycles. The SMILES string of the molecule is CC1(I)C=CC(c2cccc(-c3ccccc3)c2)=CC1. The number of halogens is 1. The van der Waals surface area contributed by atoms with Crippen molar-refractivity contribution in [3.05, 3.63) is 78.4 Å². The van der Waals surface area contributed by atoms with Gasteiger partial charge in [0.1, 0.15) is 0 Å². The number of alkyl halides is 1. The summed E-state index contributed by atoms with van der Waals surface area (Å²) in [5.41, 5.74) is 5.18. The van der Waals surface area contributed by atoms with Crippen molar-refractivity contribution < 1.29 is 0 Å². The third kappa shape index (κ3) is 3.04. The van der Waals surface area contributed by atoms with E-state index in [0.29, 0.717) is 0 Å². The van der Waals surface area contributed by atoms with Gasteiger partial charge in [0, 0.05) is 3.42 Å². The predicted molar refractivity (Wildman–Crippen MR) is 96.0 cm³/mol. The smallest absolute Gasteiger partial charge is 0.0410 e. The Morgan fingerprint density at radius 2 is 1.60 bits per heavy atom. The van der Waals surface area contributed by atoms with Gasteiger partial charge in [0.25, 0.3) is 0 Å². The summed E-state index contributed by atoms with van der Waals surface area (Å²) < 4.78 is 0.262. The minimum absolute atomic E-state index is 0.262. The monoisotopic (exact) mass is 372 g/mol. The average Bonchev–Trinajstić information content (AvgIpc) is 2.48. The summed E-state index contributed by atoms with van der Waals surface area (Å²) >= 11 is 2.50. The number of rotatable bonds is 2. The van der Waals surface area contributed by atoms with Crippen molar-refractivity contribution in [2.24, 2.45) is 0 Å². The second-order valence-corrected chi connectivity index (χ2v) is 7.89. The second-order valence-electron chi connectivity index (χ2n) is 5.42. The van der Waals surface area contributed by atoms with E-state index in [1.807, 2.05) is 0 Å². The molecule has 100 valence electrons. The number of hydrogen-bond donors (Lipinski definition) is 0. The van der Waals surface area contributed by atoms with Gasteiger partial charge in [-0.15, -0.1) is 0 Å². The van der Waals surface area contributed by atoms with Crippen LogP contribution < -0.4 is 0 Å². The molecular formula is C19H17I. The van der Waals surface area contributed by atoms with Crippen LogP contribution in [0.1, 0.15) is 18.9 Å². The molecular weight excluding hydrogens is 355 g/mol. The standard InChI is InChI=1S/C19H17I/c1-19(20)12-10-16(11-13-19)18-9-5-8-17(14-18)15-6-3-2-4-7-15/h2-12,14H,13H2,1H3. The first-order valence-electron chi connectivity index (χ1n) is 6.88. The lowest BCUT2D eigenvalue weighted by molar-refractivity contribution is 0.839. The lowest BCUT2D eigenvalue weighted by atomic mass is 9.92. The van der Waals surface area contributed by atoms with Gasteiger partial charge in [-0.2, -0.15) is 0 Å². The van der Waals surface area contributed by atoms with Crippen molar-refractivity contribution >= 4 is 28.2 Å². The van der Waals surface area contributed by atoms with Crippen molar-refractivity contribution in [3.63, 3.8) is 0 Å². The molecule has 3 rings (SSSR count). The lowest BCUT2D eigenvalue weighted by Crippen LogP contribution is -2.12. The van der Waals surface area contributed by atoms with Crippen molar-refractivity contribution in [3.8, 4) is 11.1 Å². The number of hydrogen-bond acceptors (Lipinski definition) is 0. The van der Waals surface area contributed by atoms with Gasteiger partial charge in [-0.1, -0.05) is 89.3 Å². The van der Waals surface area contributed by atoms with Crippen LogP contribution in [0.2, 0.25) is 0 Å². The van der Waals surface area contributed by atoms with Gasteiger partial charge in [-0.25, -0.2) is 0 Å². The highest BCUT2D eigenvalue weighted by molar-refractivity contribution is 14.1.